The minimum absolute atomic E-state index is 0.107. The van der Waals surface area contributed by atoms with Gasteiger partial charge in [0.15, 0.2) is 0 Å². The highest BCUT2D eigenvalue weighted by molar-refractivity contribution is 7.98. The molecule has 32 heavy (non-hydrogen) atoms. The third-order valence-electron chi connectivity index (χ3n) is 7.13. The van der Waals surface area contributed by atoms with Gasteiger partial charge in [0.1, 0.15) is 0 Å². The lowest BCUT2D eigenvalue weighted by Crippen LogP contribution is -2.48. The molecule has 0 bridgehead atoms. The molecular formula is C31H32S. The van der Waals surface area contributed by atoms with Crippen LogP contribution in [0.4, 0.5) is 0 Å². The summed E-state index contributed by atoms with van der Waals surface area (Å²) in [5, 5.41) is 0. The van der Waals surface area contributed by atoms with Crippen molar-refractivity contribution < 1.29 is 0 Å². The van der Waals surface area contributed by atoms with Crippen LogP contribution in [-0.2, 0) is 16.6 Å². The van der Waals surface area contributed by atoms with E-state index in [0.29, 0.717) is 0 Å². The fourth-order valence-electron chi connectivity index (χ4n) is 4.81. The fourth-order valence-corrected chi connectivity index (χ4v) is 6.32. The molecule has 0 fully saturated rings. The first-order valence-corrected chi connectivity index (χ1v) is 12.5. The Kier molecular flexibility index (Phi) is 6.86. The van der Waals surface area contributed by atoms with E-state index < -0.39 is 0 Å². The minimum atomic E-state index is -0.185. The van der Waals surface area contributed by atoms with Gasteiger partial charge in [0.2, 0.25) is 0 Å². The summed E-state index contributed by atoms with van der Waals surface area (Å²) in [5.41, 5.74) is 6.60. The molecule has 0 N–H and O–H groups in total. The summed E-state index contributed by atoms with van der Waals surface area (Å²) in [4.78, 5) is 0. The SMILES string of the molecule is Cc1ccccc1CSC[C@](C)(c1ccccc1)C(C)(c1ccccc1)c1ccccc1. The smallest absolute Gasteiger partial charge is 0.0276 e. The van der Waals surface area contributed by atoms with Gasteiger partial charge in [-0.2, -0.15) is 11.8 Å². The number of hydrogen-bond donors (Lipinski definition) is 0. The van der Waals surface area contributed by atoms with Gasteiger partial charge in [-0.25, -0.2) is 0 Å². The summed E-state index contributed by atoms with van der Waals surface area (Å²) in [5.74, 6) is 2.04. The Morgan fingerprint density at radius 1 is 0.562 bits per heavy atom. The van der Waals surface area contributed by atoms with Crippen molar-refractivity contribution in [3.05, 3.63) is 143 Å². The Bertz CT molecular complexity index is 1080. The van der Waals surface area contributed by atoms with E-state index in [9.17, 15) is 0 Å². The zero-order chi connectivity index (χ0) is 22.4. The third-order valence-corrected chi connectivity index (χ3v) is 8.42. The molecule has 0 aliphatic heterocycles. The molecular weight excluding hydrogens is 404 g/mol. The predicted molar refractivity (Wildman–Crippen MR) is 140 cm³/mol. The monoisotopic (exact) mass is 436 g/mol. The van der Waals surface area contributed by atoms with Crippen LogP contribution in [0.1, 0.15) is 41.7 Å². The van der Waals surface area contributed by atoms with Crippen LogP contribution in [0.2, 0.25) is 0 Å². The van der Waals surface area contributed by atoms with E-state index in [4.69, 9.17) is 0 Å². The molecule has 0 amide bonds. The van der Waals surface area contributed by atoms with Crippen LogP contribution in [0.3, 0.4) is 0 Å². The van der Waals surface area contributed by atoms with Crippen LogP contribution < -0.4 is 0 Å². The van der Waals surface area contributed by atoms with E-state index in [0.717, 1.165) is 11.5 Å². The summed E-state index contributed by atoms with van der Waals surface area (Å²) in [7, 11) is 0. The summed E-state index contributed by atoms with van der Waals surface area (Å²) in [6, 6.07) is 41.9. The lowest BCUT2D eigenvalue weighted by Gasteiger charge is -2.48. The quantitative estimate of drug-likeness (QED) is 0.268. The van der Waals surface area contributed by atoms with Gasteiger partial charge in [0.25, 0.3) is 0 Å². The molecule has 0 saturated heterocycles. The van der Waals surface area contributed by atoms with Gasteiger partial charge in [0, 0.05) is 22.3 Å². The Labute approximate surface area is 197 Å². The second-order valence-corrected chi connectivity index (χ2v) is 9.96. The van der Waals surface area contributed by atoms with Crippen molar-refractivity contribution in [3.8, 4) is 0 Å². The summed E-state index contributed by atoms with van der Waals surface area (Å²) in [6.45, 7) is 7.09. The van der Waals surface area contributed by atoms with Crippen molar-refractivity contribution >= 4 is 11.8 Å². The van der Waals surface area contributed by atoms with E-state index >= 15 is 0 Å². The van der Waals surface area contributed by atoms with Gasteiger partial charge in [-0.05, 0) is 34.7 Å². The zero-order valence-corrected chi connectivity index (χ0v) is 20.1. The summed E-state index contributed by atoms with van der Waals surface area (Å²) < 4.78 is 0. The molecule has 0 unspecified atom stereocenters. The lowest BCUT2D eigenvalue weighted by molar-refractivity contribution is 0.337. The maximum atomic E-state index is 2.45. The Morgan fingerprint density at radius 2 is 1.00 bits per heavy atom. The molecule has 4 aromatic carbocycles. The average molecular weight is 437 g/mol. The largest absolute Gasteiger partial charge is 0.156 e. The topological polar surface area (TPSA) is 0 Å². The molecule has 0 nitrogen and oxygen atoms in total. The highest BCUT2D eigenvalue weighted by Crippen LogP contribution is 2.50. The average Bonchev–Trinajstić information content (AvgIpc) is 2.86. The molecule has 162 valence electrons. The predicted octanol–water partition coefficient (Wildman–Crippen LogP) is 8.19. The van der Waals surface area contributed by atoms with E-state index in [1.807, 2.05) is 11.8 Å². The van der Waals surface area contributed by atoms with Crippen molar-refractivity contribution in [2.24, 2.45) is 0 Å². The first kappa shape index (κ1) is 22.4. The number of rotatable bonds is 8. The van der Waals surface area contributed by atoms with Crippen molar-refractivity contribution in [1.29, 1.82) is 0 Å². The molecule has 4 aromatic rings. The third kappa shape index (κ3) is 4.27. The second-order valence-electron chi connectivity index (χ2n) is 8.97. The molecule has 0 spiro atoms. The van der Waals surface area contributed by atoms with Crippen molar-refractivity contribution in [1.82, 2.24) is 0 Å². The van der Waals surface area contributed by atoms with E-state index in [-0.39, 0.29) is 10.8 Å². The summed E-state index contributed by atoms with van der Waals surface area (Å²) in [6.07, 6.45) is 0. The van der Waals surface area contributed by atoms with Crippen LogP contribution >= 0.6 is 11.8 Å². The minimum Gasteiger partial charge on any atom is -0.156 e. The fraction of sp³-hybridized carbons (Fsp3) is 0.226. The number of benzene rings is 4. The number of thioether (sulfide) groups is 1. The van der Waals surface area contributed by atoms with Crippen LogP contribution in [0.5, 0.6) is 0 Å². The van der Waals surface area contributed by atoms with Crippen molar-refractivity contribution in [3.63, 3.8) is 0 Å². The molecule has 0 radical (unpaired) electrons. The van der Waals surface area contributed by atoms with Crippen molar-refractivity contribution in [2.45, 2.75) is 37.4 Å². The van der Waals surface area contributed by atoms with Gasteiger partial charge in [0.05, 0.1) is 0 Å². The maximum absolute atomic E-state index is 2.45. The standard InChI is InChI=1S/C31H32S/c1-25-15-13-14-16-26(25)23-32-24-30(2,27-17-7-4-8-18-27)31(3,28-19-9-5-10-20-28)29-21-11-6-12-22-29/h4-22H,23-24H2,1-3H3/t30-/m1/s1. The van der Waals surface area contributed by atoms with Crippen LogP contribution in [-0.4, -0.2) is 5.75 Å². The van der Waals surface area contributed by atoms with Crippen LogP contribution in [0.25, 0.3) is 0 Å². The first-order valence-electron chi connectivity index (χ1n) is 11.3. The van der Waals surface area contributed by atoms with Crippen LogP contribution in [0.15, 0.2) is 115 Å². The highest BCUT2D eigenvalue weighted by atomic mass is 32.2. The molecule has 1 heteroatoms. The zero-order valence-electron chi connectivity index (χ0n) is 19.3. The van der Waals surface area contributed by atoms with E-state index in [2.05, 4.69) is 136 Å². The lowest BCUT2D eigenvalue weighted by atomic mass is 9.57. The number of aryl methyl sites for hydroxylation is 1. The van der Waals surface area contributed by atoms with Crippen molar-refractivity contribution in [2.75, 3.05) is 5.75 Å². The first-order chi connectivity index (χ1) is 15.6. The van der Waals surface area contributed by atoms with E-state index in [1.165, 1.54) is 27.8 Å². The van der Waals surface area contributed by atoms with Gasteiger partial charge in [-0.1, -0.05) is 129 Å². The normalized spacial score (nSPS) is 13.5. The maximum Gasteiger partial charge on any atom is 0.0276 e. The van der Waals surface area contributed by atoms with Gasteiger partial charge >= 0.3 is 0 Å². The Hall–Kier alpha value is -2.77. The second kappa shape index (κ2) is 9.79. The van der Waals surface area contributed by atoms with Gasteiger partial charge < -0.3 is 0 Å². The molecule has 0 heterocycles. The van der Waals surface area contributed by atoms with Crippen LogP contribution in [0, 0.1) is 6.92 Å². The number of hydrogen-bond acceptors (Lipinski definition) is 1. The molecule has 0 aliphatic carbocycles. The molecule has 1 atom stereocenters. The highest BCUT2D eigenvalue weighted by Gasteiger charge is 2.47. The molecule has 0 aromatic heterocycles. The molecule has 0 aliphatic rings. The Balaban J connectivity index is 1.81. The summed E-state index contributed by atoms with van der Waals surface area (Å²) >= 11 is 2.04. The van der Waals surface area contributed by atoms with Gasteiger partial charge in [-0.3, -0.25) is 0 Å². The van der Waals surface area contributed by atoms with E-state index in [1.54, 1.807) is 0 Å². The van der Waals surface area contributed by atoms with Gasteiger partial charge in [-0.15, -0.1) is 0 Å². The molecule has 4 rings (SSSR count). The Morgan fingerprint density at radius 3 is 1.50 bits per heavy atom. The molecule has 0 saturated carbocycles.